The van der Waals surface area contributed by atoms with E-state index >= 15 is 0 Å². The predicted octanol–water partition coefficient (Wildman–Crippen LogP) is 4.10. The maximum atomic E-state index is 2.34. The monoisotopic (exact) mass is 208 g/mol. The van der Waals surface area contributed by atoms with Crippen LogP contribution in [0.5, 0.6) is 0 Å². The van der Waals surface area contributed by atoms with E-state index in [0.29, 0.717) is 5.41 Å². The number of thiophene rings is 1. The van der Waals surface area contributed by atoms with Crippen molar-refractivity contribution in [3.63, 3.8) is 0 Å². The van der Waals surface area contributed by atoms with Crippen LogP contribution in [0.15, 0.2) is 0 Å². The maximum absolute atomic E-state index is 2.34. The molecule has 1 heterocycles. The Morgan fingerprint density at radius 3 is 2.50 bits per heavy atom. The van der Waals surface area contributed by atoms with Crippen LogP contribution in [0, 0.1) is 0 Å². The van der Waals surface area contributed by atoms with Crippen molar-refractivity contribution in [3.05, 3.63) is 20.9 Å². The van der Waals surface area contributed by atoms with Crippen molar-refractivity contribution >= 4 is 11.3 Å². The molecule has 1 aliphatic rings. The van der Waals surface area contributed by atoms with E-state index in [1.165, 1.54) is 25.7 Å². The zero-order valence-electron chi connectivity index (χ0n) is 9.74. The van der Waals surface area contributed by atoms with E-state index < -0.39 is 0 Å². The van der Waals surface area contributed by atoms with Gasteiger partial charge in [0.15, 0.2) is 0 Å². The molecule has 0 aromatic carbocycles. The summed E-state index contributed by atoms with van der Waals surface area (Å²) in [6.07, 6.45) is 5.28. The van der Waals surface area contributed by atoms with Gasteiger partial charge in [-0.2, -0.15) is 0 Å². The Bertz CT molecular complexity index is 339. The van der Waals surface area contributed by atoms with Crippen LogP contribution in [-0.4, -0.2) is 0 Å². The highest BCUT2D eigenvalue weighted by molar-refractivity contribution is 7.12. The minimum absolute atomic E-state index is 0.348. The third-order valence-electron chi connectivity index (χ3n) is 3.07. The Morgan fingerprint density at radius 1 is 1.21 bits per heavy atom. The molecule has 0 bridgehead atoms. The molecule has 0 fully saturated rings. The van der Waals surface area contributed by atoms with E-state index in [1.54, 1.807) is 20.9 Å². The second-order valence-corrected chi connectivity index (χ2v) is 6.37. The molecule has 0 unspecified atom stereocenters. The molecule has 1 aromatic rings. The molecule has 0 radical (unpaired) electrons. The SMILES string of the molecule is CCc1c(C(C)(C)C)sc2c1CCC2. The number of aryl methyl sites for hydroxylation is 1. The predicted molar refractivity (Wildman–Crippen MR) is 64.4 cm³/mol. The van der Waals surface area contributed by atoms with E-state index in [-0.39, 0.29) is 0 Å². The third kappa shape index (κ3) is 1.52. The summed E-state index contributed by atoms with van der Waals surface area (Å²) in [6.45, 7) is 9.32. The van der Waals surface area contributed by atoms with Crippen LogP contribution in [0.2, 0.25) is 0 Å². The molecule has 0 amide bonds. The second kappa shape index (κ2) is 3.37. The van der Waals surface area contributed by atoms with E-state index in [2.05, 4.69) is 39.0 Å². The molecule has 1 aromatic heterocycles. The van der Waals surface area contributed by atoms with Gasteiger partial charge in [0.05, 0.1) is 0 Å². The first-order valence-electron chi connectivity index (χ1n) is 5.68. The molecule has 0 saturated carbocycles. The van der Waals surface area contributed by atoms with E-state index in [0.717, 1.165) is 0 Å². The topological polar surface area (TPSA) is 0 Å². The van der Waals surface area contributed by atoms with Gasteiger partial charge in [0.1, 0.15) is 0 Å². The quantitative estimate of drug-likeness (QED) is 0.652. The molecule has 78 valence electrons. The van der Waals surface area contributed by atoms with Crippen LogP contribution >= 0.6 is 11.3 Å². The van der Waals surface area contributed by atoms with Gasteiger partial charge in [0.2, 0.25) is 0 Å². The first kappa shape index (κ1) is 10.2. The highest BCUT2D eigenvalue weighted by Crippen LogP contribution is 2.41. The lowest BCUT2D eigenvalue weighted by atomic mass is 9.89. The number of rotatable bonds is 1. The Labute approximate surface area is 91.4 Å². The van der Waals surface area contributed by atoms with Gasteiger partial charge in [-0.3, -0.25) is 0 Å². The van der Waals surface area contributed by atoms with Gasteiger partial charge in [-0.15, -0.1) is 11.3 Å². The molecule has 0 N–H and O–H groups in total. The fraction of sp³-hybridized carbons (Fsp3) is 0.692. The second-order valence-electron chi connectivity index (χ2n) is 5.27. The van der Waals surface area contributed by atoms with E-state index in [1.807, 2.05) is 0 Å². The Balaban J connectivity index is 2.52. The van der Waals surface area contributed by atoms with Crippen LogP contribution < -0.4 is 0 Å². The van der Waals surface area contributed by atoms with Crippen molar-refractivity contribution < 1.29 is 0 Å². The summed E-state index contributed by atoms with van der Waals surface area (Å²) in [5.74, 6) is 0. The summed E-state index contributed by atoms with van der Waals surface area (Å²) in [4.78, 5) is 3.33. The number of fused-ring (bicyclic) bond motifs is 1. The van der Waals surface area contributed by atoms with Crippen molar-refractivity contribution in [2.75, 3.05) is 0 Å². The molecular weight excluding hydrogens is 188 g/mol. The molecule has 1 aliphatic carbocycles. The summed E-state index contributed by atoms with van der Waals surface area (Å²) in [5.41, 5.74) is 3.73. The van der Waals surface area contributed by atoms with Crippen LogP contribution in [0.4, 0.5) is 0 Å². The van der Waals surface area contributed by atoms with Crippen LogP contribution in [-0.2, 0) is 24.7 Å². The Kier molecular flexibility index (Phi) is 2.46. The van der Waals surface area contributed by atoms with Gasteiger partial charge in [-0.1, -0.05) is 27.7 Å². The molecule has 0 atom stereocenters. The first-order chi connectivity index (χ1) is 6.54. The lowest BCUT2D eigenvalue weighted by Crippen LogP contribution is -2.11. The normalized spacial score (nSPS) is 16.0. The van der Waals surface area contributed by atoms with Gasteiger partial charge < -0.3 is 0 Å². The molecule has 0 saturated heterocycles. The Hall–Kier alpha value is -0.300. The summed E-state index contributed by atoms with van der Waals surface area (Å²) in [7, 11) is 0. The first-order valence-corrected chi connectivity index (χ1v) is 6.49. The molecular formula is C13H20S. The van der Waals surface area contributed by atoms with Crippen molar-refractivity contribution in [3.8, 4) is 0 Å². The number of hydrogen-bond acceptors (Lipinski definition) is 1. The van der Waals surface area contributed by atoms with E-state index in [9.17, 15) is 0 Å². The maximum Gasteiger partial charge on any atom is 0.0136 e. The fourth-order valence-electron chi connectivity index (χ4n) is 2.45. The smallest absolute Gasteiger partial charge is 0.0136 e. The number of hydrogen-bond donors (Lipinski definition) is 0. The third-order valence-corrected chi connectivity index (χ3v) is 4.83. The summed E-state index contributed by atoms with van der Waals surface area (Å²) in [5, 5.41) is 0. The average molecular weight is 208 g/mol. The largest absolute Gasteiger partial charge is 0.144 e. The van der Waals surface area contributed by atoms with Crippen molar-refractivity contribution in [2.45, 2.75) is 58.8 Å². The standard InChI is InChI=1S/C13H20S/c1-5-9-10-7-6-8-11(10)14-12(9)13(2,3)4/h5-8H2,1-4H3. The van der Waals surface area contributed by atoms with Crippen molar-refractivity contribution in [1.29, 1.82) is 0 Å². The highest BCUT2D eigenvalue weighted by Gasteiger charge is 2.26. The zero-order valence-corrected chi connectivity index (χ0v) is 10.6. The van der Waals surface area contributed by atoms with Crippen molar-refractivity contribution in [1.82, 2.24) is 0 Å². The molecule has 2 rings (SSSR count). The summed E-state index contributed by atoms with van der Waals surface area (Å²) < 4.78 is 0. The molecule has 0 aliphatic heterocycles. The lowest BCUT2D eigenvalue weighted by molar-refractivity contribution is 0.596. The van der Waals surface area contributed by atoms with Crippen molar-refractivity contribution in [2.24, 2.45) is 0 Å². The van der Waals surface area contributed by atoms with Gasteiger partial charge >= 0.3 is 0 Å². The highest BCUT2D eigenvalue weighted by atomic mass is 32.1. The van der Waals surface area contributed by atoms with Gasteiger partial charge in [0, 0.05) is 9.75 Å². The lowest BCUT2D eigenvalue weighted by Gasteiger charge is -2.19. The van der Waals surface area contributed by atoms with Gasteiger partial charge in [-0.25, -0.2) is 0 Å². The minimum atomic E-state index is 0.348. The zero-order chi connectivity index (χ0) is 10.3. The van der Waals surface area contributed by atoms with E-state index in [4.69, 9.17) is 0 Å². The van der Waals surface area contributed by atoms with Crippen LogP contribution in [0.25, 0.3) is 0 Å². The van der Waals surface area contributed by atoms with Gasteiger partial charge in [0.25, 0.3) is 0 Å². The fourth-order valence-corrected chi connectivity index (χ4v) is 3.99. The molecule has 0 nitrogen and oxygen atoms in total. The molecule has 1 heteroatoms. The molecule has 0 spiro atoms. The summed E-state index contributed by atoms with van der Waals surface area (Å²) >= 11 is 2.08. The van der Waals surface area contributed by atoms with Crippen LogP contribution in [0.1, 0.15) is 55.0 Å². The van der Waals surface area contributed by atoms with Crippen LogP contribution in [0.3, 0.4) is 0 Å². The average Bonchev–Trinajstić information content (AvgIpc) is 2.58. The Morgan fingerprint density at radius 2 is 1.93 bits per heavy atom. The van der Waals surface area contributed by atoms with Gasteiger partial charge in [-0.05, 0) is 42.2 Å². The summed E-state index contributed by atoms with van der Waals surface area (Å²) in [6, 6.07) is 0. The molecule has 14 heavy (non-hydrogen) atoms. The minimum Gasteiger partial charge on any atom is -0.144 e.